The number of hydrogen-bond donors (Lipinski definition) is 3. The Morgan fingerprint density at radius 1 is 1.32 bits per heavy atom. The third-order valence-electron chi connectivity index (χ3n) is 4.00. The smallest absolute Gasteiger partial charge is 0.290 e. The van der Waals surface area contributed by atoms with Gasteiger partial charge in [-0.05, 0) is 36.6 Å². The molecule has 0 radical (unpaired) electrons. The minimum absolute atomic E-state index is 0.0102. The molecule has 8 heteroatoms. The molecular formula is C17H19N3O4S. The van der Waals surface area contributed by atoms with Gasteiger partial charge in [0.25, 0.3) is 5.91 Å². The Kier molecular flexibility index (Phi) is 5.28. The number of anilines is 1. The summed E-state index contributed by atoms with van der Waals surface area (Å²) in [6.07, 6.45) is 3.54. The molecule has 2 aliphatic heterocycles. The minimum atomic E-state index is -0.379. The average Bonchev–Trinajstić information content (AvgIpc) is 2.79. The van der Waals surface area contributed by atoms with Gasteiger partial charge in [-0.15, -0.1) is 11.8 Å². The minimum Gasteiger partial charge on any atom is -0.490 e. The van der Waals surface area contributed by atoms with Gasteiger partial charge in [-0.3, -0.25) is 14.4 Å². The topological polar surface area (TPSA) is 96.5 Å². The van der Waals surface area contributed by atoms with Crippen molar-refractivity contribution in [3.63, 3.8) is 0 Å². The van der Waals surface area contributed by atoms with Crippen LogP contribution >= 0.6 is 11.8 Å². The zero-order valence-corrected chi connectivity index (χ0v) is 14.6. The maximum Gasteiger partial charge on any atom is 0.290 e. The van der Waals surface area contributed by atoms with Gasteiger partial charge >= 0.3 is 0 Å². The molecule has 1 aromatic rings. The van der Waals surface area contributed by atoms with Crippen LogP contribution in [-0.2, 0) is 20.7 Å². The van der Waals surface area contributed by atoms with E-state index in [4.69, 9.17) is 4.74 Å². The van der Waals surface area contributed by atoms with Crippen LogP contribution in [0.4, 0.5) is 5.69 Å². The first-order valence-electron chi connectivity index (χ1n) is 7.95. The van der Waals surface area contributed by atoms with Crippen LogP contribution in [0.2, 0.25) is 0 Å². The van der Waals surface area contributed by atoms with E-state index in [0.717, 1.165) is 24.1 Å². The van der Waals surface area contributed by atoms with Crippen molar-refractivity contribution in [3.8, 4) is 0 Å². The molecule has 0 saturated carbocycles. The lowest BCUT2D eigenvalue weighted by atomic mass is 10.0. The first kappa shape index (κ1) is 17.3. The summed E-state index contributed by atoms with van der Waals surface area (Å²) in [6, 6.07) is 5.35. The maximum absolute atomic E-state index is 12.4. The molecule has 3 N–H and O–H groups in total. The number of ketones is 1. The van der Waals surface area contributed by atoms with Crippen LogP contribution in [0.25, 0.3) is 0 Å². The van der Waals surface area contributed by atoms with Crippen molar-refractivity contribution in [2.24, 2.45) is 0 Å². The summed E-state index contributed by atoms with van der Waals surface area (Å²) >= 11 is 1.30. The molecule has 132 valence electrons. The summed E-state index contributed by atoms with van der Waals surface area (Å²) in [6.45, 7) is 0. The molecule has 1 aromatic carbocycles. The molecule has 1 atom stereocenters. The molecule has 0 saturated heterocycles. The van der Waals surface area contributed by atoms with Gasteiger partial charge in [-0.25, -0.2) is 0 Å². The zero-order chi connectivity index (χ0) is 17.8. The average molecular weight is 361 g/mol. The number of amides is 2. The lowest BCUT2D eigenvalue weighted by Crippen LogP contribution is -2.46. The summed E-state index contributed by atoms with van der Waals surface area (Å²) in [4.78, 5) is 35.7. The predicted molar refractivity (Wildman–Crippen MR) is 95.0 cm³/mol. The summed E-state index contributed by atoms with van der Waals surface area (Å²) in [5.41, 5.74) is 2.00. The Hall–Kier alpha value is -2.48. The molecule has 3 rings (SSSR count). The summed E-state index contributed by atoms with van der Waals surface area (Å²) in [5, 5.41) is 8.53. The van der Waals surface area contributed by atoms with Crippen LogP contribution in [0.5, 0.6) is 0 Å². The van der Waals surface area contributed by atoms with Crippen molar-refractivity contribution in [1.29, 1.82) is 0 Å². The second-order valence-corrected chi connectivity index (χ2v) is 6.83. The van der Waals surface area contributed by atoms with Crippen LogP contribution in [0.1, 0.15) is 28.8 Å². The summed E-state index contributed by atoms with van der Waals surface area (Å²) < 4.78 is 4.90. The number of methoxy groups -OCH3 is 1. The van der Waals surface area contributed by atoms with Crippen molar-refractivity contribution in [1.82, 2.24) is 10.6 Å². The van der Waals surface area contributed by atoms with Crippen LogP contribution in [0.15, 0.2) is 30.2 Å². The fourth-order valence-corrected chi connectivity index (χ4v) is 3.52. The van der Waals surface area contributed by atoms with Gasteiger partial charge < -0.3 is 20.7 Å². The number of carbonyl (C=O) groups excluding carboxylic acids is 3. The van der Waals surface area contributed by atoms with Gasteiger partial charge in [0, 0.05) is 23.9 Å². The number of thioether (sulfide) groups is 1. The highest BCUT2D eigenvalue weighted by molar-refractivity contribution is 8.00. The van der Waals surface area contributed by atoms with Crippen molar-refractivity contribution in [2.45, 2.75) is 24.8 Å². The molecule has 0 aliphatic carbocycles. The van der Waals surface area contributed by atoms with Gasteiger partial charge in [-0.2, -0.15) is 0 Å². The zero-order valence-electron chi connectivity index (χ0n) is 13.8. The molecule has 25 heavy (non-hydrogen) atoms. The number of ether oxygens (including phenoxy) is 1. The Labute approximate surface area is 149 Å². The normalized spacial score (nSPS) is 19.6. The quantitative estimate of drug-likeness (QED) is 0.686. The van der Waals surface area contributed by atoms with Crippen LogP contribution in [-0.4, -0.2) is 36.0 Å². The number of nitrogens with one attached hydrogen (secondary N) is 3. The largest absolute Gasteiger partial charge is 0.490 e. The van der Waals surface area contributed by atoms with E-state index < -0.39 is 0 Å². The molecule has 7 nitrogen and oxygen atoms in total. The molecule has 0 fully saturated rings. The Balaban J connectivity index is 1.61. The lowest BCUT2D eigenvalue weighted by Gasteiger charge is -2.23. The molecule has 2 amide bonds. The fourth-order valence-electron chi connectivity index (χ4n) is 2.68. The van der Waals surface area contributed by atoms with Crippen LogP contribution in [0, 0.1) is 0 Å². The second kappa shape index (κ2) is 7.60. The Bertz CT molecular complexity index is 747. The summed E-state index contributed by atoms with van der Waals surface area (Å²) in [7, 11) is 1.42. The molecular weight excluding hydrogens is 342 g/mol. The first-order valence-corrected chi connectivity index (χ1v) is 9.00. The number of benzene rings is 1. The highest BCUT2D eigenvalue weighted by Gasteiger charge is 2.22. The van der Waals surface area contributed by atoms with E-state index in [1.54, 1.807) is 12.1 Å². The van der Waals surface area contributed by atoms with Crippen molar-refractivity contribution >= 4 is 35.0 Å². The van der Waals surface area contributed by atoms with E-state index >= 15 is 0 Å². The molecule has 2 heterocycles. The highest BCUT2D eigenvalue weighted by atomic mass is 32.2. The number of carbonyl (C=O) groups is 3. The first-order chi connectivity index (χ1) is 12.1. The number of aryl methyl sites for hydroxylation is 1. The number of Topliss-reactive ketones (excluding diaryl/α,β-unsaturated/α-hetero) is 1. The number of fused-ring (bicyclic) bond motifs is 1. The molecule has 2 aliphatic rings. The van der Waals surface area contributed by atoms with Gasteiger partial charge in [-0.1, -0.05) is 0 Å². The molecule has 0 bridgehead atoms. The predicted octanol–water partition coefficient (Wildman–Crippen LogP) is 1.37. The van der Waals surface area contributed by atoms with Gasteiger partial charge in [0.15, 0.2) is 11.5 Å². The summed E-state index contributed by atoms with van der Waals surface area (Å²) in [5.74, 6) is 0.0964. The standard InChI is InChI=1S/C17H19N3O4S/c1-24-14-8-18-17(20-16(14)23)25-9-13(21)11-5-6-12-10(7-11)3-2-4-15(22)19-12/h5-8,17-18H,2-4,9H2,1H3,(H,19,22)(H,20,23). The monoisotopic (exact) mass is 361 g/mol. The maximum atomic E-state index is 12.4. The third-order valence-corrected chi connectivity index (χ3v) is 5.02. The lowest BCUT2D eigenvalue weighted by molar-refractivity contribution is -0.121. The van der Waals surface area contributed by atoms with Crippen molar-refractivity contribution < 1.29 is 19.1 Å². The van der Waals surface area contributed by atoms with E-state index in [-0.39, 0.29) is 34.6 Å². The van der Waals surface area contributed by atoms with E-state index in [1.807, 2.05) is 6.07 Å². The van der Waals surface area contributed by atoms with E-state index in [0.29, 0.717) is 12.0 Å². The van der Waals surface area contributed by atoms with Crippen LogP contribution < -0.4 is 16.0 Å². The van der Waals surface area contributed by atoms with E-state index in [1.165, 1.54) is 25.1 Å². The van der Waals surface area contributed by atoms with Gasteiger partial charge in [0.2, 0.25) is 5.91 Å². The van der Waals surface area contributed by atoms with Gasteiger partial charge in [0.05, 0.1) is 12.9 Å². The fraction of sp³-hybridized carbons (Fsp3) is 0.353. The molecule has 1 unspecified atom stereocenters. The second-order valence-electron chi connectivity index (χ2n) is 5.74. The molecule has 0 spiro atoms. The Morgan fingerprint density at radius 3 is 2.92 bits per heavy atom. The molecule has 0 aromatic heterocycles. The van der Waals surface area contributed by atoms with E-state index in [9.17, 15) is 14.4 Å². The Morgan fingerprint density at radius 2 is 2.16 bits per heavy atom. The van der Waals surface area contributed by atoms with Crippen molar-refractivity contribution in [2.75, 3.05) is 18.2 Å². The van der Waals surface area contributed by atoms with E-state index in [2.05, 4.69) is 16.0 Å². The van der Waals surface area contributed by atoms with Crippen molar-refractivity contribution in [3.05, 3.63) is 41.3 Å². The SMILES string of the molecule is COC1=CNC(SCC(=O)c2ccc3c(c2)CCCC(=O)N3)NC1=O. The number of hydrogen-bond acceptors (Lipinski definition) is 6. The third kappa shape index (κ3) is 4.14. The number of rotatable bonds is 5. The highest BCUT2D eigenvalue weighted by Crippen LogP contribution is 2.24. The van der Waals surface area contributed by atoms with Gasteiger partial charge in [0.1, 0.15) is 5.50 Å². The van der Waals surface area contributed by atoms with Crippen LogP contribution in [0.3, 0.4) is 0 Å².